The smallest absolute Gasteiger partial charge is 0.240 e. The number of nitrogens with one attached hydrogen (secondary N) is 1. The van der Waals surface area contributed by atoms with Crippen molar-refractivity contribution in [2.24, 2.45) is 0 Å². The van der Waals surface area contributed by atoms with Crippen LogP contribution in [0.2, 0.25) is 0 Å². The molecule has 2 aromatic rings. The maximum atomic E-state index is 12.5. The molecule has 1 aromatic carbocycles. The highest BCUT2D eigenvalue weighted by atomic mass is 32.2. The predicted molar refractivity (Wildman–Crippen MR) is 90.3 cm³/mol. The molecule has 7 nitrogen and oxygen atoms in total. The van der Waals surface area contributed by atoms with Crippen molar-refractivity contribution >= 4 is 21.6 Å². The summed E-state index contributed by atoms with van der Waals surface area (Å²) >= 11 is 0. The van der Waals surface area contributed by atoms with Crippen LogP contribution in [-0.4, -0.2) is 37.7 Å². The van der Waals surface area contributed by atoms with Crippen molar-refractivity contribution < 1.29 is 13.2 Å². The van der Waals surface area contributed by atoms with E-state index in [1.165, 1.54) is 6.07 Å². The fourth-order valence-electron chi connectivity index (χ4n) is 2.93. The molecule has 24 heavy (non-hydrogen) atoms. The zero-order valence-electron chi connectivity index (χ0n) is 13.9. The first-order valence-electron chi connectivity index (χ1n) is 7.63. The van der Waals surface area contributed by atoms with Crippen molar-refractivity contribution in [3.8, 4) is 0 Å². The lowest BCUT2D eigenvalue weighted by molar-refractivity contribution is -0.121. The van der Waals surface area contributed by atoms with Crippen LogP contribution in [0.5, 0.6) is 0 Å². The molecule has 1 aromatic heterocycles. The minimum atomic E-state index is -3.64. The topological polar surface area (TPSA) is 84.3 Å². The number of rotatable bonds is 5. The number of sulfonamides is 1. The zero-order valence-corrected chi connectivity index (χ0v) is 14.7. The Hall–Kier alpha value is -2.19. The van der Waals surface area contributed by atoms with Gasteiger partial charge < -0.3 is 4.90 Å². The molecule has 0 saturated carbocycles. The number of likely N-dealkylation sites (N-methyl/N-ethyl adjacent to an activating group) is 1. The minimum absolute atomic E-state index is 0.0429. The van der Waals surface area contributed by atoms with Gasteiger partial charge in [-0.05, 0) is 43.7 Å². The second-order valence-corrected chi connectivity index (χ2v) is 8.10. The van der Waals surface area contributed by atoms with Gasteiger partial charge in [-0.2, -0.15) is 5.10 Å². The molecule has 1 N–H and O–H groups in total. The molecule has 1 aliphatic heterocycles. The molecule has 128 valence electrons. The Balaban J connectivity index is 1.82. The van der Waals surface area contributed by atoms with E-state index in [9.17, 15) is 13.2 Å². The van der Waals surface area contributed by atoms with Gasteiger partial charge in [0, 0.05) is 31.7 Å². The minimum Gasteiger partial charge on any atom is -0.314 e. The third-order valence-corrected chi connectivity index (χ3v) is 5.80. The second kappa shape index (κ2) is 5.71. The van der Waals surface area contributed by atoms with Crippen LogP contribution in [0, 0.1) is 0 Å². The molecule has 0 aliphatic carbocycles. The predicted octanol–water partition coefficient (Wildman–Crippen LogP) is 1.12. The summed E-state index contributed by atoms with van der Waals surface area (Å²) in [5, 5.41) is 4.03. The van der Waals surface area contributed by atoms with Crippen molar-refractivity contribution in [3.05, 3.63) is 42.2 Å². The second-order valence-electron chi connectivity index (χ2n) is 6.34. The third kappa shape index (κ3) is 2.71. The van der Waals surface area contributed by atoms with Gasteiger partial charge in [-0.3, -0.25) is 9.48 Å². The molecule has 0 fully saturated rings. The van der Waals surface area contributed by atoms with Crippen LogP contribution in [0.15, 0.2) is 41.6 Å². The first kappa shape index (κ1) is 16.7. The number of aromatic nitrogens is 2. The maximum Gasteiger partial charge on any atom is 0.240 e. The van der Waals surface area contributed by atoms with Gasteiger partial charge >= 0.3 is 0 Å². The van der Waals surface area contributed by atoms with Gasteiger partial charge in [-0.25, -0.2) is 13.1 Å². The molecular formula is C16H20N4O3S. The summed E-state index contributed by atoms with van der Waals surface area (Å²) in [6.07, 6.45) is 3.41. The molecule has 2 heterocycles. The lowest BCUT2D eigenvalue weighted by atomic mass is 9.86. The van der Waals surface area contributed by atoms with E-state index in [1.807, 2.05) is 0 Å². The van der Waals surface area contributed by atoms with Gasteiger partial charge in [0.25, 0.3) is 0 Å². The number of amides is 1. The summed E-state index contributed by atoms with van der Waals surface area (Å²) in [6.45, 7) is 4.30. The Bertz CT molecular complexity index is 873. The quantitative estimate of drug-likeness (QED) is 0.877. The summed E-state index contributed by atoms with van der Waals surface area (Å²) < 4.78 is 29.2. The number of benzene rings is 1. The van der Waals surface area contributed by atoms with Crippen LogP contribution in [-0.2, 0) is 26.8 Å². The van der Waals surface area contributed by atoms with E-state index < -0.39 is 15.4 Å². The van der Waals surface area contributed by atoms with Crippen LogP contribution in [0.25, 0.3) is 0 Å². The summed E-state index contributed by atoms with van der Waals surface area (Å²) in [4.78, 5) is 14.0. The van der Waals surface area contributed by atoms with Gasteiger partial charge in [0.05, 0.1) is 16.9 Å². The van der Waals surface area contributed by atoms with E-state index in [0.717, 1.165) is 11.3 Å². The van der Waals surface area contributed by atoms with Crippen LogP contribution in [0.1, 0.15) is 19.4 Å². The van der Waals surface area contributed by atoms with E-state index >= 15 is 0 Å². The van der Waals surface area contributed by atoms with E-state index in [0.29, 0.717) is 6.54 Å². The molecule has 0 radical (unpaired) electrons. The average Bonchev–Trinajstić information content (AvgIpc) is 3.10. The monoisotopic (exact) mass is 348 g/mol. The Morgan fingerprint density at radius 3 is 2.71 bits per heavy atom. The number of hydrogen-bond donors (Lipinski definition) is 1. The highest BCUT2D eigenvalue weighted by Gasteiger charge is 2.42. The third-order valence-electron chi connectivity index (χ3n) is 4.34. The fraction of sp³-hybridized carbons (Fsp3) is 0.375. The largest absolute Gasteiger partial charge is 0.314 e. The molecule has 8 heteroatoms. The molecule has 0 spiro atoms. The van der Waals surface area contributed by atoms with Gasteiger partial charge in [0.1, 0.15) is 0 Å². The molecule has 0 unspecified atom stereocenters. The standard InChI is InChI=1S/C16H20N4O3S/c1-16(2)13-11-12(5-6-14(13)19(3)15(16)21)24(22,23)18-8-10-20-9-4-7-17-20/h4-7,9,11,18H,8,10H2,1-3H3. The maximum absolute atomic E-state index is 12.5. The van der Waals surface area contributed by atoms with Crippen LogP contribution in [0.4, 0.5) is 5.69 Å². The number of carbonyl (C=O) groups excluding carboxylic acids is 1. The Labute approximate surface area is 141 Å². The number of hydrogen-bond acceptors (Lipinski definition) is 4. The first-order chi connectivity index (χ1) is 11.2. The molecule has 0 atom stereocenters. The molecule has 3 rings (SSSR count). The Morgan fingerprint density at radius 2 is 2.04 bits per heavy atom. The summed E-state index contributed by atoms with van der Waals surface area (Å²) in [6, 6.07) is 6.59. The van der Waals surface area contributed by atoms with Crippen molar-refractivity contribution in [1.29, 1.82) is 0 Å². The summed E-state index contributed by atoms with van der Waals surface area (Å²) in [5.41, 5.74) is 0.746. The number of nitrogens with zero attached hydrogens (tertiary/aromatic N) is 3. The molecule has 1 aliphatic rings. The normalized spacial score (nSPS) is 16.5. The first-order valence-corrected chi connectivity index (χ1v) is 9.11. The van der Waals surface area contributed by atoms with Gasteiger partial charge in [-0.1, -0.05) is 0 Å². The average molecular weight is 348 g/mol. The fourth-order valence-corrected chi connectivity index (χ4v) is 3.98. The molecular weight excluding hydrogens is 328 g/mol. The van der Waals surface area contributed by atoms with E-state index in [-0.39, 0.29) is 17.3 Å². The van der Waals surface area contributed by atoms with Crippen molar-refractivity contribution in [2.45, 2.75) is 30.7 Å². The molecule has 1 amide bonds. The van der Waals surface area contributed by atoms with Crippen molar-refractivity contribution in [2.75, 3.05) is 18.5 Å². The van der Waals surface area contributed by atoms with Crippen LogP contribution >= 0.6 is 0 Å². The lowest BCUT2D eigenvalue weighted by Gasteiger charge is -2.16. The van der Waals surface area contributed by atoms with E-state index in [1.54, 1.807) is 61.1 Å². The molecule has 0 bridgehead atoms. The zero-order chi connectivity index (χ0) is 17.5. The lowest BCUT2D eigenvalue weighted by Crippen LogP contribution is -2.33. The van der Waals surface area contributed by atoms with Gasteiger partial charge in [-0.15, -0.1) is 0 Å². The number of carbonyl (C=O) groups is 1. The van der Waals surface area contributed by atoms with Gasteiger partial charge in [0.2, 0.25) is 15.9 Å². The van der Waals surface area contributed by atoms with E-state index in [4.69, 9.17) is 0 Å². The van der Waals surface area contributed by atoms with Gasteiger partial charge in [0.15, 0.2) is 0 Å². The van der Waals surface area contributed by atoms with Crippen molar-refractivity contribution in [3.63, 3.8) is 0 Å². The van der Waals surface area contributed by atoms with E-state index in [2.05, 4.69) is 9.82 Å². The SMILES string of the molecule is CN1C(=O)C(C)(C)c2cc(S(=O)(=O)NCCn3cccn3)ccc21. The number of anilines is 1. The number of fused-ring (bicyclic) bond motifs is 1. The van der Waals surface area contributed by atoms with Crippen molar-refractivity contribution in [1.82, 2.24) is 14.5 Å². The Morgan fingerprint density at radius 1 is 1.29 bits per heavy atom. The highest BCUT2D eigenvalue weighted by molar-refractivity contribution is 7.89. The summed E-state index contributed by atoms with van der Waals surface area (Å²) in [7, 11) is -1.94. The highest BCUT2D eigenvalue weighted by Crippen LogP contribution is 2.41. The Kier molecular flexibility index (Phi) is 3.97. The summed E-state index contributed by atoms with van der Waals surface area (Å²) in [5.74, 6) is -0.0429. The van der Waals surface area contributed by atoms with Crippen LogP contribution < -0.4 is 9.62 Å². The van der Waals surface area contributed by atoms with Crippen LogP contribution in [0.3, 0.4) is 0 Å². The molecule has 0 saturated heterocycles.